The second kappa shape index (κ2) is 6.00. The second-order valence-corrected chi connectivity index (χ2v) is 6.02. The fourth-order valence-corrected chi connectivity index (χ4v) is 2.21. The van der Waals surface area contributed by atoms with Crippen molar-refractivity contribution < 1.29 is 4.79 Å². The molecule has 1 amide bonds. The van der Waals surface area contributed by atoms with Gasteiger partial charge < -0.3 is 11.1 Å². The molecule has 3 N–H and O–H groups in total. The quantitative estimate of drug-likeness (QED) is 0.845. The molecule has 0 aliphatic heterocycles. The summed E-state index contributed by atoms with van der Waals surface area (Å²) in [6.45, 7) is 6.86. The van der Waals surface area contributed by atoms with E-state index in [1.54, 1.807) is 12.1 Å². The number of benzene rings is 2. The standard InChI is InChI=1S/C18H22N2O/c1-13-8-10-14(11-9-13)18(2,3)12-20-17(21)15-6-4-5-7-16(15)19/h4-11H,12,19H2,1-3H3,(H,20,21). The number of hydrogen-bond acceptors (Lipinski definition) is 2. The van der Waals surface area contributed by atoms with Gasteiger partial charge in [0.25, 0.3) is 5.91 Å². The number of hydrogen-bond donors (Lipinski definition) is 2. The maximum Gasteiger partial charge on any atom is 0.253 e. The maximum atomic E-state index is 12.2. The van der Waals surface area contributed by atoms with E-state index in [9.17, 15) is 4.79 Å². The summed E-state index contributed by atoms with van der Waals surface area (Å²) in [6.07, 6.45) is 0. The minimum atomic E-state index is -0.132. The van der Waals surface area contributed by atoms with Gasteiger partial charge in [-0.1, -0.05) is 55.8 Å². The Kier molecular flexibility index (Phi) is 4.32. The molecule has 2 aromatic carbocycles. The molecule has 0 fully saturated rings. The molecule has 3 heteroatoms. The van der Waals surface area contributed by atoms with Crippen LogP contribution >= 0.6 is 0 Å². The van der Waals surface area contributed by atoms with E-state index in [0.29, 0.717) is 17.8 Å². The van der Waals surface area contributed by atoms with Crippen LogP contribution in [0.3, 0.4) is 0 Å². The number of nitrogen functional groups attached to an aromatic ring is 1. The number of nitrogens with one attached hydrogen (secondary N) is 1. The van der Waals surface area contributed by atoms with Gasteiger partial charge in [0.2, 0.25) is 0 Å². The number of para-hydroxylation sites is 1. The fourth-order valence-electron chi connectivity index (χ4n) is 2.21. The highest BCUT2D eigenvalue weighted by Gasteiger charge is 2.22. The topological polar surface area (TPSA) is 55.1 Å². The highest BCUT2D eigenvalue weighted by molar-refractivity contribution is 5.99. The third-order valence-electron chi connectivity index (χ3n) is 3.73. The number of carbonyl (C=O) groups is 1. The molecule has 0 aromatic heterocycles. The molecular weight excluding hydrogens is 260 g/mol. The zero-order chi connectivity index (χ0) is 15.5. The largest absolute Gasteiger partial charge is 0.398 e. The van der Waals surface area contributed by atoms with Gasteiger partial charge in [-0.15, -0.1) is 0 Å². The second-order valence-electron chi connectivity index (χ2n) is 6.02. The van der Waals surface area contributed by atoms with Gasteiger partial charge in [0.1, 0.15) is 0 Å². The van der Waals surface area contributed by atoms with Gasteiger partial charge >= 0.3 is 0 Å². The van der Waals surface area contributed by atoms with Gasteiger partial charge in [-0.3, -0.25) is 4.79 Å². The van der Waals surface area contributed by atoms with Crippen LogP contribution in [0.25, 0.3) is 0 Å². The summed E-state index contributed by atoms with van der Waals surface area (Å²) in [5.41, 5.74) is 9.16. The number of anilines is 1. The highest BCUT2D eigenvalue weighted by atomic mass is 16.1. The van der Waals surface area contributed by atoms with Gasteiger partial charge in [0.05, 0.1) is 5.56 Å². The Labute approximate surface area is 126 Å². The van der Waals surface area contributed by atoms with Gasteiger partial charge in [0, 0.05) is 17.6 Å². The number of nitrogens with two attached hydrogens (primary N) is 1. The Morgan fingerprint density at radius 3 is 2.33 bits per heavy atom. The van der Waals surface area contributed by atoms with Crippen molar-refractivity contribution in [1.29, 1.82) is 0 Å². The van der Waals surface area contributed by atoms with E-state index in [1.165, 1.54) is 11.1 Å². The van der Waals surface area contributed by atoms with Crippen LogP contribution in [-0.2, 0) is 5.41 Å². The van der Waals surface area contributed by atoms with Crippen molar-refractivity contribution >= 4 is 11.6 Å². The first-order valence-electron chi connectivity index (χ1n) is 7.10. The third-order valence-corrected chi connectivity index (χ3v) is 3.73. The van der Waals surface area contributed by atoms with Crippen LogP contribution in [0.4, 0.5) is 5.69 Å². The van der Waals surface area contributed by atoms with E-state index < -0.39 is 0 Å². The van der Waals surface area contributed by atoms with Crippen LogP contribution in [0, 0.1) is 6.92 Å². The number of carbonyl (C=O) groups excluding carboxylic acids is 1. The molecule has 0 aliphatic carbocycles. The summed E-state index contributed by atoms with van der Waals surface area (Å²) < 4.78 is 0. The van der Waals surface area contributed by atoms with Crippen molar-refractivity contribution in [2.24, 2.45) is 0 Å². The van der Waals surface area contributed by atoms with Crippen LogP contribution in [0.15, 0.2) is 48.5 Å². The predicted molar refractivity (Wildman–Crippen MR) is 87.4 cm³/mol. The van der Waals surface area contributed by atoms with Crippen molar-refractivity contribution in [3.8, 4) is 0 Å². The average Bonchev–Trinajstić information content (AvgIpc) is 2.46. The smallest absolute Gasteiger partial charge is 0.253 e. The first-order chi connectivity index (χ1) is 9.90. The number of rotatable bonds is 4. The van der Waals surface area contributed by atoms with Crippen LogP contribution in [0.5, 0.6) is 0 Å². The Morgan fingerprint density at radius 2 is 1.71 bits per heavy atom. The summed E-state index contributed by atoms with van der Waals surface area (Å²) in [5.74, 6) is -0.131. The van der Waals surface area contributed by atoms with Gasteiger partial charge in [-0.25, -0.2) is 0 Å². The van der Waals surface area contributed by atoms with E-state index in [4.69, 9.17) is 5.73 Å². The predicted octanol–water partition coefficient (Wildman–Crippen LogP) is 3.28. The summed E-state index contributed by atoms with van der Waals surface area (Å²) in [6, 6.07) is 15.5. The Balaban J connectivity index is 2.06. The zero-order valence-electron chi connectivity index (χ0n) is 12.8. The molecule has 0 unspecified atom stereocenters. The molecule has 21 heavy (non-hydrogen) atoms. The molecule has 0 aliphatic rings. The third kappa shape index (κ3) is 3.63. The number of aryl methyl sites for hydroxylation is 1. The molecular formula is C18H22N2O. The van der Waals surface area contributed by atoms with Crippen molar-refractivity contribution in [3.05, 3.63) is 65.2 Å². The SMILES string of the molecule is Cc1ccc(C(C)(C)CNC(=O)c2ccccc2N)cc1. The van der Waals surface area contributed by atoms with E-state index >= 15 is 0 Å². The minimum absolute atomic E-state index is 0.131. The fraction of sp³-hybridized carbons (Fsp3) is 0.278. The molecule has 0 atom stereocenters. The van der Waals surface area contributed by atoms with Crippen LogP contribution in [-0.4, -0.2) is 12.5 Å². The Hall–Kier alpha value is -2.29. The van der Waals surface area contributed by atoms with Crippen LogP contribution < -0.4 is 11.1 Å². The van der Waals surface area contributed by atoms with Gasteiger partial charge in [0.15, 0.2) is 0 Å². The molecule has 0 saturated carbocycles. The summed E-state index contributed by atoms with van der Waals surface area (Å²) >= 11 is 0. The lowest BCUT2D eigenvalue weighted by molar-refractivity contribution is 0.0946. The van der Waals surface area contributed by atoms with E-state index in [1.807, 2.05) is 12.1 Å². The van der Waals surface area contributed by atoms with E-state index in [0.717, 1.165) is 0 Å². The van der Waals surface area contributed by atoms with Crippen molar-refractivity contribution in [1.82, 2.24) is 5.32 Å². The first-order valence-corrected chi connectivity index (χ1v) is 7.10. The number of amides is 1. The van der Waals surface area contributed by atoms with Gasteiger partial charge in [-0.05, 0) is 24.6 Å². The molecule has 3 nitrogen and oxygen atoms in total. The lowest BCUT2D eigenvalue weighted by Gasteiger charge is -2.26. The van der Waals surface area contributed by atoms with E-state index in [2.05, 4.69) is 50.4 Å². The lowest BCUT2D eigenvalue weighted by Crippen LogP contribution is -2.36. The average molecular weight is 282 g/mol. The summed E-state index contributed by atoms with van der Waals surface area (Å²) in [4.78, 5) is 12.2. The molecule has 0 spiro atoms. The zero-order valence-corrected chi connectivity index (χ0v) is 12.8. The normalized spacial score (nSPS) is 11.2. The lowest BCUT2D eigenvalue weighted by atomic mass is 9.84. The highest BCUT2D eigenvalue weighted by Crippen LogP contribution is 2.23. The Bertz CT molecular complexity index is 630. The van der Waals surface area contributed by atoms with Crippen LogP contribution in [0.1, 0.15) is 35.3 Å². The summed E-state index contributed by atoms with van der Waals surface area (Å²) in [7, 11) is 0. The van der Waals surface area contributed by atoms with Crippen molar-refractivity contribution in [3.63, 3.8) is 0 Å². The monoisotopic (exact) mass is 282 g/mol. The minimum Gasteiger partial charge on any atom is -0.398 e. The maximum absolute atomic E-state index is 12.2. The Morgan fingerprint density at radius 1 is 1.10 bits per heavy atom. The summed E-state index contributed by atoms with van der Waals surface area (Å²) in [5, 5.41) is 2.97. The molecule has 2 rings (SSSR count). The molecule has 2 aromatic rings. The van der Waals surface area contributed by atoms with Gasteiger partial charge in [-0.2, -0.15) is 0 Å². The molecule has 0 radical (unpaired) electrons. The molecule has 110 valence electrons. The molecule has 0 bridgehead atoms. The van der Waals surface area contributed by atoms with E-state index in [-0.39, 0.29) is 11.3 Å². The molecule has 0 saturated heterocycles. The first kappa shape index (κ1) is 15.1. The van der Waals surface area contributed by atoms with Crippen molar-refractivity contribution in [2.45, 2.75) is 26.2 Å². The molecule has 0 heterocycles. The van der Waals surface area contributed by atoms with Crippen molar-refractivity contribution in [2.75, 3.05) is 12.3 Å². The van der Waals surface area contributed by atoms with Crippen LogP contribution in [0.2, 0.25) is 0 Å².